The first kappa shape index (κ1) is 33.3. The summed E-state index contributed by atoms with van der Waals surface area (Å²) in [5.74, 6) is -0.613. The minimum atomic E-state index is -3.96. The van der Waals surface area contributed by atoms with Gasteiger partial charge in [-0.2, -0.15) is 0 Å². The summed E-state index contributed by atoms with van der Waals surface area (Å²) in [5, 5.41) is 9.67. The highest BCUT2D eigenvalue weighted by Crippen LogP contribution is 2.46. The lowest BCUT2D eigenvalue weighted by Crippen LogP contribution is -2.47. The van der Waals surface area contributed by atoms with Crippen molar-refractivity contribution in [2.45, 2.75) is 95.3 Å². The summed E-state index contributed by atoms with van der Waals surface area (Å²) in [6.07, 6.45) is 6.89. The molecular formula is C33H42N6O6S. The number of fused-ring (bicyclic) bond motifs is 3. The molecule has 5 rings (SSSR count). The van der Waals surface area contributed by atoms with E-state index in [4.69, 9.17) is 9.72 Å². The Balaban J connectivity index is 1.56. The zero-order valence-electron chi connectivity index (χ0n) is 27.0. The maximum Gasteiger partial charge on any atom is 0.328 e. The van der Waals surface area contributed by atoms with Crippen LogP contribution in [0.3, 0.4) is 0 Å². The van der Waals surface area contributed by atoms with E-state index >= 15 is 0 Å². The molecule has 3 amide bonds. The van der Waals surface area contributed by atoms with Gasteiger partial charge >= 0.3 is 12.0 Å². The zero-order valence-corrected chi connectivity index (χ0v) is 27.8. The van der Waals surface area contributed by atoms with E-state index in [1.807, 2.05) is 19.9 Å². The SMILES string of the molecule is CC(C)CNS(=O)(=O)c1cc2c(c3cnc(C4CC4)cc13)C(NC(=O)NC(C)C(=O)OC(C)(C)C)CC2NC(=O)c1cccnc1. The van der Waals surface area contributed by atoms with Gasteiger partial charge < -0.3 is 20.7 Å². The summed E-state index contributed by atoms with van der Waals surface area (Å²) in [6.45, 7) is 10.9. The van der Waals surface area contributed by atoms with Crippen molar-refractivity contribution in [2.24, 2.45) is 5.92 Å². The number of nitrogens with one attached hydrogen (secondary N) is 4. The van der Waals surface area contributed by atoms with E-state index in [2.05, 4.69) is 25.7 Å². The number of hydrogen-bond acceptors (Lipinski definition) is 8. The summed E-state index contributed by atoms with van der Waals surface area (Å²) >= 11 is 0. The van der Waals surface area contributed by atoms with Crippen molar-refractivity contribution in [1.29, 1.82) is 0 Å². The highest BCUT2D eigenvalue weighted by molar-refractivity contribution is 7.89. The second-order valence-electron chi connectivity index (χ2n) is 13.5. The van der Waals surface area contributed by atoms with E-state index in [0.29, 0.717) is 27.5 Å². The Hall–Kier alpha value is -4.10. The molecule has 0 aliphatic heterocycles. The van der Waals surface area contributed by atoms with Crippen LogP contribution in [0.4, 0.5) is 4.79 Å². The Bertz CT molecular complexity index is 1750. The second kappa shape index (κ2) is 13.0. The predicted octanol–water partition coefficient (Wildman–Crippen LogP) is 4.39. The number of rotatable bonds is 10. The molecule has 3 atom stereocenters. The summed E-state index contributed by atoms with van der Waals surface area (Å²) < 4.78 is 35.7. The van der Waals surface area contributed by atoms with Crippen molar-refractivity contribution in [1.82, 2.24) is 30.6 Å². The molecule has 1 saturated carbocycles. The molecule has 3 unspecified atom stereocenters. The van der Waals surface area contributed by atoms with Crippen molar-refractivity contribution in [3.8, 4) is 0 Å². The first-order valence-corrected chi connectivity index (χ1v) is 17.1. The normalized spacial score (nSPS) is 18.6. The average Bonchev–Trinajstić information content (AvgIpc) is 3.78. The Kier molecular flexibility index (Phi) is 9.37. The highest BCUT2D eigenvalue weighted by atomic mass is 32.2. The van der Waals surface area contributed by atoms with E-state index in [1.54, 1.807) is 51.4 Å². The van der Waals surface area contributed by atoms with Crippen molar-refractivity contribution in [2.75, 3.05) is 6.54 Å². The molecule has 1 fully saturated rings. The van der Waals surface area contributed by atoms with Crippen molar-refractivity contribution in [3.05, 3.63) is 65.2 Å². The van der Waals surface area contributed by atoms with E-state index in [9.17, 15) is 22.8 Å². The minimum absolute atomic E-state index is 0.0841. The molecule has 2 aromatic heterocycles. The molecule has 1 aromatic carbocycles. The Morgan fingerprint density at radius 1 is 1.02 bits per heavy atom. The van der Waals surface area contributed by atoms with E-state index in [1.165, 1.54) is 13.1 Å². The number of carbonyl (C=O) groups excluding carboxylic acids is 3. The van der Waals surface area contributed by atoms with Crippen LogP contribution < -0.4 is 20.7 Å². The monoisotopic (exact) mass is 650 g/mol. The molecule has 13 heteroatoms. The molecule has 0 saturated heterocycles. The summed E-state index contributed by atoms with van der Waals surface area (Å²) in [6, 6.07) is 3.89. The predicted molar refractivity (Wildman–Crippen MR) is 173 cm³/mol. The van der Waals surface area contributed by atoms with Crippen LogP contribution in [0.5, 0.6) is 0 Å². The van der Waals surface area contributed by atoms with Crippen LogP contribution in [0.1, 0.15) is 106 Å². The molecule has 2 aliphatic carbocycles. The number of hydrogen-bond donors (Lipinski definition) is 4. The smallest absolute Gasteiger partial charge is 0.328 e. The first-order chi connectivity index (χ1) is 21.6. The fourth-order valence-corrected chi connectivity index (χ4v) is 6.98. The van der Waals surface area contributed by atoms with Crippen LogP contribution in [0.25, 0.3) is 10.8 Å². The third-order valence-electron chi connectivity index (χ3n) is 7.88. The number of ether oxygens (including phenoxy) is 1. The molecule has 2 aliphatic rings. The molecule has 0 spiro atoms. The van der Waals surface area contributed by atoms with Gasteiger partial charge in [-0.15, -0.1) is 0 Å². The molecule has 0 radical (unpaired) electrons. The molecule has 2 heterocycles. The minimum Gasteiger partial charge on any atom is -0.458 e. The van der Waals surface area contributed by atoms with Crippen molar-refractivity contribution in [3.63, 3.8) is 0 Å². The number of pyridine rings is 2. The fraction of sp³-hybridized carbons (Fsp3) is 0.485. The molecule has 46 heavy (non-hydrogen) atoms. The number of aromatic nitrogens is 2. The number of urea groups is 1. The standard InChI is InChI=1S/C33H42N6O6S/c1-18(2)15-36-46(43,44)28-13-23-26(38-30(40)21-8-7-11-34-16-21)14-27(39-32(42)37-19(3)31(41)45-33(4,5)6)29(23)24-17-35-25(12-22(24)28)20-9-10-20/h7-8,11-13,16-20,26-27,36H,9-10,14-15H2,1-6H3,(H,38,40)(H2,37,39,42). The Morgan fingerprint density at radius 3 is 2.39 bits per heavy atom. The Labute approximate surface area is 269 Å². The molecule has 12 nitrogen and oxygen atoms in total. The molecule has 4 N–H and O–H groups in total. The van der Waals surface area contributed by atoms with Gasteiger partial charge in [0.1, 0.15) is 11.6 Å². The quantitative estimate of drug-likeness (QED) is 0.234. The molecule has 3 aromatic rings. The van der Waals surface area contributed by atoms with Crippen LogP contribution in [0.15, 0.2) is 47.8 Å². The largest absolute Gasteiger partial charge is 0.458 e. The van der Waals surface area contributed by atoms with E-state index in [-0.39, 0.29) is 29.7 Å². The molecule has 246 valence electrons. The topological polar surface area (TPSA) is 168 Å². The number of carbonyl (C=O) groups is 3. The van der Waals surface area contributed by atoms with Gasteiger partial charge in [-0.1, -0.05) is 13.8 Å². The lowest BCUT2D eigenvalue weighted by atomic mass is 9.98. The molecule has 0 bridgehead atoms. The third-order valence-corrected chi connectivity index (χ3v) is 9.35. The van der Waals surface area contributed by atoms with Gasteiger partial charge in [-0.25, -0.2) is 22.7 Å². The van der Waals surface area contributed by atoms with Gasteiger partial charge in [-0.3, -0.25) is 14.8 Å². The summed E-state index contributed by atoms with van der Waals surface area (Å²) in [5.41, 5.74) is 1.65. The third kappa shape index (κ3) is 7.64. The molecular weight excluding hydrogens is 608 g/mol. The number of benzene rings is 1. The van der Waals surface area contributed by atoms with Crippen LogP contribution in [-0.4, -0.2) is 54.5 Å². The lowest BCUT2D eigenvalue weighted by Gasteiger charge is -2.23. The van der Waals surface area contributed by atoms with Crippen molar-refractivity contribution >= 4 is 38.7 Å². The number of nitrogens with zero attached hydrogens (tertiary/aromatic N) is 2. The van der Waals surface area contributed by atoms with Gasteiger partial charge in [0.15, 0.2) is 0 Å². The summed E-state index contributed by atoms with van der Waals surface area (Å²) in [7, 11) is -3.96. The van der Waals surface area contributed by atoms with Crippen LogP contribution in [-0.2, 0) is 19.6 Å². The lowest BCUT2D eigenvalue weighted by molar-refractivity contribution is -0.156. The van der Waals surface area contributed by atoms with Gasteiger partial charge in [0.25, 0.3) is 5.91 Å². The number of amides is 3. The zero-order chi connectivity index (χ0) is 33.4. The maximum absolute atomic E-state index is 13.8. The van der Waals surface area contributed by atoms with E-state index < -0.39 is 51.7 Å². The number of sulfonamides is 1. The highest BCUT2D eigenvalue weighted by Gasteiger charge is 2.38. The Morgan fingerprint density at radius 2 is 1.76 bits per heavy atom. The van der Waals surface area contributed by atoms with Crippen molar-refractivity contribution < 1.29 is 27.5 Å². The fourth-order valence-electron chi connectivity index (χ4n) is 5.53. The second-order valence-corrected chi connectivity index (χ2v) is 15.2. The maximum atomic E-state index is 13.8. The number of esters is 1. The van der Waals surface area contributed by atoms with Crippen LogP contribution in [0, 0.1) is 5.92 Å². The first-order valence-electron chi connectivity index (χ1n) is 15.6. The van der Waals surface area contributed by atoms with Gasteiger partial charge in [-0.05, 0) is 88.3 Å². The van der Waals surface area contributed by atoms with Crippen LogP contribution in [0.2, 0.25) is 0 Å². The van der Waals surface area contributed by atoms with Crippen LogP contribution >= 0.6 is 0 Å². The van der Waals surface area contributed by atoms with E-state index in [0.717, 1.165) is 18.5 Å². The average molecular weight is 651 g/mol. The van der Waals surface area contributed by atoms with Gasteiger partial charge in [0.05, 0.1) is 22.5 Å². The summed E-state index contributed by atoms with van der Waals surface area (Å²) in [4.78, 5) is 47.9. The van der Waals surface area contributed by atoms with Gasteiger partial charge in [0, 0.05) is 47.5 Å². The van der Waals surface area contributed by atoms with Gasteiger partial charge in [0.2, 0.25) is 10.0 Å².